The third-order valence-electron chi connectivity index (χ3n) is 5.23. The summed E-state index contributed by atoms with van der Waals surface area (Å²) in [6, 6.07) is 21.4. The lowest BCUT2D eigenvalue weighted by Crippen LogP contribution is -2.30. The molecular formula is C25H28N2O4S. The van der Waals surface area contributed by atoms with Gasteiger partial charge in [0.25, 0.3) is 15.9 Å². The Morgan fingerprint density at radius 3 is 2.25 bits per heavy atom. The van der Waals surface area contributed by atoms with Crippen molar-refractivity contribution in [2.24, 2.45) is 0 Å². The zero-order valence-electron chi connectivity index (χ0n) is 18.5. The van der Waals surface area contributed by atoms with Crippen molar-refractivity contribution in [2.75, 3.05) is 24.5 Å². The molecule has 0 saturated heterocycles. The van der Waals surface area contributed by atoms with Crippen molar-refractivity contribution in [3.05, 3.63) is 89.5 Å². The average molecular weight is 453 g/mol. The summed E-state index contributed by atoms with van der Waals surface area (Å²) in [5, 5.41) is 2.85. The van der Waals surface area contributed by atoms with Crippen LogP contribution in [0.2, 0.25) is 0 Å². The van der Waals surface area contributed by atoms with E-state index in [0.717, 1.165) is 12.0 Å². The lowest BCUT2D eigenvalue weighted by atomic mass is 10.1. The Labute approximate surface area is 189 Å². The molecule has 7 heteroatoms. The summed E-state index contributed by atoms with van der Waals surface area (Å²) >= 11 is 0. The number of hydrogen-bond donors (Lipinski definition) is 1. The summed E-state index contributed by atoms with van der Waals surface area (Å²) in [5.41, 5.74) is 3.90. The number of nitrogens with one attached hydrogen (secondary N) is 1. The normalized spacial score (nSPS) is 11.1. The van der Waals surface area contributed by atoms with Gasteiger partial charge >= 0.3 is 0 Å². The average Bonchev–Trinajstić information content (AvgIpc) is 2.79. The van der Waals surface area contributed by atoms with Gasteiger partial charge in [-0.05, 0) is 67.8 Å². The van der Waals surface area contributed by atoms with Crippen LogP contribution < -0.4 is 14.4 Å². The number of benzene rings is 3. The van der Waals surface area contributed by atoms with Crippen molar-refractivity contribution < 1.29 is 17.9 Å². The van der Waals surface area contributed by atoms with Gasteiger partial charge in [0.05, 0.1) is 10.6 Å². The molecule has 0 saturated carbocycles. The number of carbonyl (C=O) groups excluding carboxylic acids is 1. The Balaban J connectivity index is 1.51. The van der Waals surface area contributed by atoms with E-state index in [0.29, 0.717) is 18.0 Å². The van der Waals surface area contributed by atoms with Crippen molar-refractivity contribution in [3.63, 3.8) is 0 Å². The molecule has 0 bridgehead atoms. The minimum absolute atomic E-state index is 0.107. The monoisotopic (exact) mass is 452 g/mol. The van der Waals surface area contributed by atoms with Crippen LogP contribution in [0.4, 0.5) is 5.69 Å². The zero-order valence-corrected chi connectivity index (χ0v) is 19.4. The van der Waals surface area contributed by atoms with E-state index in [1.807, 2.05) is 32.0 Å². The second-order valence-electron chi connectivity index (χ2n) is 7.59. The van der Waals surface area contributed by atoms with Crippen molar-refractivity contribution in [2.45, 2.75) is 25.2 Å². The first-order chi connectivity index (χ1) is 15.3. The highest BCUT2D eigenvalue weighted by atomic mass is 32.2. The topological polar surface area (TPSA) is 75.7 Å². The van der Waals surface area contributed by atoms with Gasteiger partial charge in [-0.1, -0.05) is 42.0 Å². The molecular weight excluding hydrogens is 424 g/mol. The number of amides is 1. The smallest absolute Gasteiger partial charge is 0.264 e. The van der Waals surface area contributed by atoms with E-state index in [-0.39, 0.29) is 17.4 Å². The van der Waals surface area contributed by atoms with Crippen LogP contribution in [-0.4, -0.2) is 34.5 Å². The van der Waals surface area contributed by atoms with Crippen molar-refractivity contribution in [3.8, 4) is 5.75 Å². The summed E-state index contributed by atoms with van der Waals surface area (Å²) in [7, 11) is -2.15. The lowest BCUT2D eigenvalue weighted by Gasteiger charge is -2.20. The van der Waals surface area contributed by atoms with Gasteiger partial charge in [-0.15, -0.1) is 0 Å². The Morgan fingerprint density at radius 1 is 0.938 bits per heavy atom. The number of carbonyl (C=O) groups is 1. The molecule has 0 radical (unpaired) electrons. The fourth-order valence-electron chi connectivity index (χ4n) is 3.19. The fraction of sp³-hybridized carbons (Fsp3) is 0.240. The summed E-state index contributed by atoms with van der Waals surface area (Å²) in [5.74, 6) is 0.283. The number of nitrogens with zero attached hydrogens (tertiary/aromatic N) is 1. The molecule has 3 rings (SSSR count). The van der Waals surface area contributed by atoms with E-state index in [1.54, 1.807) is 48.5 Å². The van der Waals surface area contributed by atoms with E-state index in [1.165, 1.54) is 22.5 Å². The first-order valence-corrected chi connectivity index (χ1v) is 11.8. The van der Waals surface area contributed by atoms with Crippen LogP contribution in [0.15, 0.2) is 77.7 Å². The van der Waals surface area contributed by atoms with Crippen molar-refractivity contribution >= 4 is 21.6 Å². The van der Waals surface area contributed by atoms with Gasteiger partial charge in [-0.2, -0.15) is 0 Å². The van der Waals surface area contributed by atoms with Crippen LogP contribution in [0.1, 0.15) is 16.7 Å². The largest absolute Gasteiger partial charge is 0.484 e. The second kappa shape index (κ2) is 10.3. The molecule has 1 N–H and O–H groups in total. The quantitative estimate of drug-likeness (QED) is 0.535. The summed E-state index contributed by atoms with van der Waals surface area (Å²) < 4.78 is 32.4. The van der Waals surface area contributed by atoms with E-state index in [9.17, 15) is 13.2 Å². The number of anilines is 1. The second-order valence-corrected chi connectivity index (χ2v) is 9.56. The molecule has 6 nitrogen and oxygen atoms in total. The van der Waals surface area contributed by atoms with Crippen LogP contribution in [0.5, 0.6) is 5.75 Å². The van der Waals surface area contributed by atoms with Gasteiger partial charge in [0, 0.05) is 13.6 Å². The van der Waals surface area contributed by atoms with Gasteiger partial charge in [-0.3, -0.25) is 9.10 Å². The number of rotatable bonds is 9. The van der Waals surface area contributed by atoms with Crippen LogP contribution in [0, 0.1) is 13.8 Å². The van der Waals surface area contributed by atoms with Crippen molar-refractivity contribution in [1.82, 2.24) is 5.32 Å². The Kier molecular flexibility index (Phi) is 7.53. The number of hydrogen-bond acceptors (Lipinski definition) is 4. The lowest BCUT2D eigenvalue weighted by molar-refractivity contribution is -0.123. The first kappa shape index (κ1) is 23.3. The number of sulfonamides is 1. The molecule has 1 amide bonds. The van der Waals surface area contributed by atoms with Crippen LogP contribution >= 0.6 is 0 Å². The molecule has 32 heavy (non-hydrogen) atoms. The molecule has 0 aliphatic carbocycles. The Hall–Kier alpha value is -3.32. The molecule has 0 unspecified atom stereocenters. The highest BCUT2D eigenvalue weighted by molar-refractivity contribution is 7.92. The van der Waals surface area contributed by atoms with Crippen LogP contribution in [0.3, 0.4) is 0 Å². The van der Waals surface area contributed by atoms with E-state index < -0.39 is 10.0 Å². The molecule has 0 fully saturated rings. The fourth-order valence-corrected chi connectivity index (χ4v) is 4.38. The maximum Gasteiger partial charge on any atom is 0.264 e. The molecule has 3 aromatic rings. The summed E-state index contributed by atoms with van der Waals surface area (Å²) in [4.78, 5) is 12.3. The third kappa shape index (κ3) is 5.88. The molecule has 0 atom stereocenters. The first-order valence-electron chi connectivity index (χ1n) is 10.4. The molecule has 168 valence electrons. The molecule has 3 aromatic carbocycles. The highest BCUT2D eigenvalue weighted by Crippen LogP contribution is 2.24. The predicted molar refractivity (Wildman–Crippen MR) is 127 cm³/mol. The minimum Gasteiger partial charge on any atom is -0.484 e. The maximum atomic E-state index is 12.8. The Morgan fingerprint density at radius 2 is 1.59 bits per heavy atom. The Bertz CT molecular complexity index is 1160. The SMILES string of the molecule is Cc1ccc(S(=O)(=O)N(C)c2ccc(OCC(=O)NCCc3ccccc3C)cc2)cc1. The predicted octanol–water partition coefficient (Wildman–Crippen LogP) is 3.87. The standard InChI is InChI=1S/C25H28N2O4S/c1-19-8-14-24(15-9-19)32(29,30)27(3)22-10-12-23(13-11-22)31-18-25(28)26-17-16-21-7-5-4-6-20(21)2/h4-15H,16-18H2,1-3H3,(H,26,28). The van der Waals surface area contributed by atoms with Crippen LogP contribution in [-0.2, 0) is 21.2 Å². The van der Waals surface area contributed by atoms with E-state index in [2.05, 4.69) is 11.4 Å². The third-order valence-corrected chi connectivity index (χ3v) is 7.03. The van der Waals surface area contributed by atoms with Gasteiger partial charge in [-0.25, -0.2) is 8.42 Å². The van der Waals surface area contributed by atoms with Gasteiger partial charge in [0.15, 0.2) is 6.61 Å². The highest BCUT2D eigenvalue weighted by Gasteiger charge is 2.21. The van der Waals surface area contributed by atoms with Crippen LogP contribution in [0.25, 0.3) is 0 Å². The zero-order chi connectivity index (χ0) is 23.1. The van der Waals surface area contributed by atoms with Gasteiger partial charge in [0.2, 0.25) is 0 Å². The minimum atomic E-state index is -3.66. The molecule has 0 heterocycles. The maximum absolute atomic E-state index is 12.8. The number of ether oxygens (including phenoxy) is 1. The van der Waals surface area contributed by atoms with Gasteiger partial charge in [0.1, 0.15) is 5.75 Å². The molecule has 0 spiro atoms. The molecule has 0 aromatic heterocycles. The molecule has 0 aliphatic rings. The van der Waals surface area contributed by atoms with Gasteiger partial charge < -0.3 is 10.1 Å². The summed E-state index contributed by atoms with van der Waals surface area (Å²) in [6.45, 7) is 4.38. The van der Waals surface area contributed by atoms with E-state index in [4.69, 9.17) is 4.74 Å². The van der Waals surface area contributed by atoms with E-state index >= 15 is 0 Å². The van der Waals surface area contributed by atoms with Crippen molar-refractivity contribution in [1.29, 1.82) is 0 Å². The molecule has 0 aliphatic heterocycles. The summed E-state index contributed by atoms with van der Waals surface area (Å²) in [6.07, 6.45) is 0.759. The number of aryl methyl sites for hydroxylation is 2.